The first kappa shape index (κ1) is 10.4. The predicted molar refractivity (Wildman–Crippen MR) is 56.6 cm³/mol. The standard InChI is InChI=1S/C10H11NO3S/c11-4-7-2-1-3-9-8(5-12)6-15(13,14)10(7)9/h1-3,6,12H,4-5,11H2. The van der Waals surface area contributed by atoms with Gasteiger partial charge in [0.1, 0.15) is 0 Å². The summed E-state index contributed by atoms with van der Waals surface area (Å²) in [6.07, 6.45) is 0. The molecule has 80 valence electrons. The van der Waals surface area contributed by atoms with Crippen LogP contribution in [-0.2, 0) is 16.4 Å². The maximum absolute atomic E-state index is 11.8. The molecule has 0 unspecified atom stereocenters. The number of hydrogen-bond donors (Lipinski definition) is 2. The van der Waals surface area contributed by atoms with Crippen LogP contribution in [0.4, 0.5) is 0 Å². The molecule has 0 bridgehead atoms. The van der Waals surface area contributed by atoms with E-state index in [9.17, 15) is 8.42 Å². The van der Waals surface area contributed by atoms with Crippen molar-refractivity contribution in [1.29, 1.82) is 0 Å². The van der Waals surface area contributed by atoms with E-state index in [-0.39, 0.29) is 18.0 Å². The number of hydrogen-bond acceptors (Lipinski definition) is 4. The topological polar surface area (TPSA) is 80.4 Å². The van der Waals surface area contributed by atoms with E-state index in [1.165, 1.54) is 0 Å². The molecule has 0 radical (unpaired) electrons. The average Bonchev–Trinajstić information content (AvgIpc) is 2.50. The number of rotatable bonds is 2. The second-order valence-electron chi connectivity index (χ2n) is 3.34. The molecule has 2 rings (SSSR count). The Balaban J connectivity index is 2.77. The molecule has 1 aliphatic rings. The van der Waals surface area contributed by atoms with Crippen LogP contribution < -0.4 is 5.73 Å². The molecule has 1 heterocycles. The van der Waals surface area contributed by atoms with Crippen molar-refractivity contribution in [2.45, 2.75) is 11.4 Å². The molecule has 0 aliphatic carbocycles. The Morgan fingerprint density at radius 2 is 2.07 bits per heavy atom. The van der Waals surface area contributed by atoms with Gasteiger partial charge in [0.25, 0.3) is 0 Å². The SMILES string of the molecule is NCc1cccc2c1S(=O)(=O)C=C2CO. The zero-order chi connectivity index (χ0) is 11.1. The number of aliphatic hydroxyl groups is 1. The van der Waals surface area contributed by atoms with Crippen LogP contribution in [0, 0.1) is 0 Å². The van der Waals surface area contributed by atoms with Crippen LogP contribution in [0.15, 0.2) is 28.5 Å². The highest BCUT2D eigenvalue weighted by molar-refractivity contribution is 7.95. The molecule has 15 heavy (non-hydrogen) atoms. The molecule has 0 saturated carbocycles. The highest BCUT2D eigenvalue weighted by Crippen LogP contribution is 2.35. The molecular weight excluding hydrogens is 214 g/mol. The van der Waals surface area contributed by atoms with Crippen LogP contribution in [0.5, 0.6) is 0 Å². The lowest BCUT2D eigenvalue weighted by molar-refractivity contribution is 0.350. The van der Waals surface area contributed by atoms with Crippen molar-refractivity contribution < 1.29 is 13.5 Å². The van der Waals surface area contributed by atoms with Crippen molar-refractivity contribution in [1.82, 2.24) is 0 Å². The normalized spacial score (nSPS) is 17.3. The van der Waals surface area contributed by atoms with E-state index < -0.39 is 9.84 Å². The van der Waals surface area contributed by atoms with Crippen molar-refractivity contribution in [2.24, 2.45) is 5.73 Å². The summed E-state index contributed by atoms with van der Waals surface area (Å²) in [5, 5.41) is 10.2. The lowest BCUT2D eigenvalue weighted by Gasteiger charge is -2.06. The van der Waals surface area contributed by atoms with Gasteiger partial charge in [-0.05, 0) is 16.7 Å². The maximum atomic E-state index is 11.8. The molecule has 0 spiro atoms. The summed E-state index contributed by atoms with van der Waals surface area (Å²) in [5.74, 6) is 0. The van der Waals surface area contributed by atoms with Gasteiger partial charge >= 0.3 is 0 Å². The largest absolute Gasteiger partial charge is 0.392 e. The lowest BCUT2D eigenvalue weighted by Crippen LogP contribution is -2.05. The number of nitrogens with two attached hydrogens (primary N) is 1. The number of benzene rings is 1. The van der Waals surface area contributed by atoms with Crippen molar-refractivity contribution in [3.05, 3.63) is 34.7 Å². The summed E-state index contributed by atoms with van der Waals surface area (Å²) < 4.78 is 23.5. The minimum absolute atomic E-state index is 0.176. The Kier molecular flexibility index (Phi) is 2.38. The van der Waals surface area contributed by atoms with E-state index in [1.807, 2.05) is 0 Å². The maximum Gasteiger partial charge on any atom is 0.201 e. The van der Waals surface area contributed by atoms with E-state index in [0.717, 1.165) is 5.41 Å². The van der Waals surface area contributed by atoms with Crippen molar-refractivity contribution in [3.63, 3.8) is 0 Å². The van der Waals surface area contributed by atoms with E-state index in [4.69, 9.17) is 10.8 Å². The van der Waals surface area contributed by atoms with Crippen LogP contribution >= 0.6 is 0 Å². The summed E-state index contributed by atoms with van der Waals surface area (Å²) in [6, 6.07) is 5.11. The zero-order valence-corrected chi connectivity index (χ0v) is 8.79. The monoisotopic (exact) mass is 225 g/mol. The molecule has 1 aromatic carbocycles. The second-order valence-corrected chi connectivity index (χ2v) is 5.08. The van der Waals surface area contributed by atoms with Crippen LogP contribution in [0.1, 0.15) is 11.1 Å². The van der Waals surface area contributed by atoms with E-state index >= 15 is 0 Å². The molecule has 4 nitrogen and oxygen atoms in total. The van der Waals surface area contributed by atoms with Crippen LogP contribution in [0.2, 0.25) is 0 Å². The fraction of sp³-hybridized carbons (Fsp3) is 0.200. The third-order valence-corrected chi connectivity index (χ3v) is 4.06. The van der Waals surface area contributed by atoms with Crippen molar-refractivity contribution in [2.75, 3.05) is 6.61 Å². The van der Waals surface area contributed by atoms with Gasteiger partial charge in [-0.1, -0.05) is 18.2 Å². The van der Waals surface area contributed by atoms with Crippen LogP contribution in [0.25, 0.3) is 5.57 Å². The molecule has 0 amide bonds. The summed E-state index contributed by atoms with van der Waals surface area (Å²) >= 11 is 0. The average molecular weight is 225 g/mol. The second kappa shape index (κ2) is 3.44. The summed E-state index contributed by atoms with van der Waals surface area (Å²) in [7, 11) is -3.41. The Morgan fingerprint density at radius 3 is 2.67 bits per heavy atom. The van der Waals surface area contributed by atoms with Gasteiger partial charge in [0.05, 0.1) is 11.5 Å². The molecule has 0 fully saturated rings. The minimum Gasteiger partial charge on any atom is -0.392 e. The molecular formula is C10H11NO3S. The van der Waals surface area contributed by atoms with E-state index in [2.05, 4.69) is 0 Å². The van der Waals surface area contributed by atoms with Gasteiger partial charge in [-0.2, -0.15) is 0 Å². The van der Waals surface area contributed by atoms with E-state index in [1.54, 1.807) is 18.2 Å². The highest BCUT2D eigenvalue weighted by atomic mass is 32.2. The molecule has 0 atom stereocenters. The Hall–Kier alpha value is -1.17. The van der Waals surface area contributed by atoms with Gasteiger partial charge in [0.15, 0.2) is 0 Å². The zero-order valence-electron chi connectivity index (χ0n) is 7.97. The lowest BCUT2D eigenvalue weighted by atomic mass is 10.1. The fourth-order valence-corrected chi connectivity index (χ4v) is 3.48. The van der Waals surface area contributed by atoms with E-state index in [0.29, 0.717) is 16.7 Å². The van der Waals surface area contributed by atoms with Gasteiger partial charge < -0.3 is 10.8 Å². The molecule has 3 N–H and O–H groups in total. The third kappa shape index (κ3) is 1.49. The summed E-state index contributed by atoms with van der Waals surface area (Å²) in [4.78, 5) is 0.247. The number of fused-ring (bicyclic) bond motifs is 1. The number of sulfone groups is 1. The first-order valence-corrected chi connectivity index (χ1v) is 6.03. The molecule has 0 aromatic heterocycles. The molecule has 0 saturated heterocycles. The molecule has 5 heteroatoms. The van der Waals surface area contributed by atoms with Gasteiger partial charge in [0.2, 0.25) is 9.84 Å². The smallest absolute Gasteiger partial charge is 0.201 e. The van der Waals surface area contributed by atoms with Gasteiger partial charge in [-0.25, -0.2) is 8.42 Å². The predicted octanol–water partition coefficient (Wildman–Crippen LogP) is 0.266. The van der Waals surface area contributed by atoms with Crippen molar-refractivity contribution >= 4 is 15.4 Å². The van der Waals surface area contributed by atoms with Crippen LogP contribution in [-0.4, -0.2) is 20.1 Å². The number of aliphatic hydroxyl groups excluding tert-OH is 1. The third-order valence-electron chi connectivity index (χ3n) is 2.41. The first-order valence-electron chi connectivity index (χ1n) is 4.49. The minimum atomic E-state index is -3.41. The Bertz CT molecular complexity index is 532. The quantitative estimate of drug-likeness (QED) is 0.757. The fourth-order valence-electron chi connectivity index (χ4n) is 1.77. The van der Waals surface area contributed by atoms with Crippen LogP contribution in [0.3, 0.4) is 0 Å². The van der Waals surface area contributed by atoms with Crippen molar-refractivity contribution in [3.8, 4) is 0 Å². The Morgan fingerprint density at radius 1 is 1.33 bits per heavy atom. The van der Waals surface area contributed by atoms with Gasteiger partial charge in [-0.3, -0.25) is 0 Å². The van der Waals surface area contributed by atoms with Gasteiger partial charge in [0, 0.05) is 12.0 Å². The molecule has 1 aromatic rings. The molecule has 1 aliphatic heterocycles. The summed E-state index contributed by atoms with van der Waals surface area (Å²) in [5.41, 5.74) is 7.07. The summed E-state index contributed by atoms with van der Waals surface area (Å²) in [6.45, 7) is -0.102. The highest BCUT2D eigenvalue weighted by Gasteiger charge is 2.28. The first-order chi connectivity index (χ1) is 7.10. The van der Waals surface area contributed by atoms with Gasteiger partial charge in [-0.15, -0.1) is 0 Å². The Labute approximate surface area is 88.0 Å².